The van der Waals surface area contributed by atoms with E-state index in [-0.39, 0.29) is 5.82 Å². The maximum absolute atomic E-state index is 14.4. The Kier molecular flexibility index (Phi) is 6.38. The highest BCUT2D eigenvalue weighted by Gasteiger charge is 2.25. The minimum atomic E-state index is -0.243. The second-order valence-corrected chi connectivity index (χ2v) is 6.43. The predicted octanol–water partition coefficient (Wildman–Crippen LogP) is 6.63. The number of halogens is 2. The van der Waals surface area contributed by atoms with Gasteiger partial charge in [0.2, 0.25) is 0 Å². The third kappa shape index (κ3) is 3.78. The summed E-state index contributed by atoms with van der Waals surface area (Å²) in [6.07, 6.45) is 0.839. The van der Waals surface area contributed by atoms with Gasteiger partial charge in [-0.3, -0.25) is 0 Å². The van der Waals surface area contributed by atoms with Gasteiger partial charge in [0.15, 0.2) is 0 Å². The van der Waals surface area contributed by atoms with Crippen molar-refractivity contribution in [2.24, 2.45) is 5.92 Å². The fraction of sp³-hybridized carbons (Fsp3) is 0.238. The van der Waals surface area contributed by atoms with E-state index in [2.05, 4.69) is 46.9 Å². The molecule has 1 aliphatic heterocycles. The Balaban J connectivity index is 0.00000100. The monoisotopic (exact) mass is 387 g/mol. The Bertz CT molecular complexity index is 729. The van der Waals surface area contributed by atoms with Crippen LogP contribution < -0.4 is 5.32 Å². The van der Waals surface area contributed by atoms with Crippen LogP contribution in [0.3, 0.4) is 0 Å². The van der Waals surface area contributed by atoms with Crippen LogP contribution in [-0.2, 0) is 0 Å². The zero-order chi connectivity index (χ0) is 17.7. The number of benzene rings is 2. The molecule has 0 aromatic heterocycles. The van der Waals surface area contributed by atoms with Crippen LogP contribution in [0.4, 0.5) is 4.39 Å². The SMILES string of the molecule is C=C1NC(c2c(F)cccc2Br)=C(c2ccccc2)CC1C.CC. The molecule has 2 aromatic carbocycles. The van der Waals surface area contributed by atoms with Gasteiger partial charge in [-0.2, -0.15) is 0 Å². The van der Waals surface area contributed by atoms with Crippen LogP contribution in [0.5, 0.6) is 0 Å². The molecule has 1 aliphatic rings. The summed E-state index contributed by atoms with van der Waals surface area (Å²) in [7, 11) is 0. The van der Waals surface area contributed by atoms with Crippen molar-refractivity contribution in [3.05, 3.63) is 82.2 Å². The van der Waals surface area contributed by atoms with Crippen LogP contribution in [0.1, 0.15) is 38.3 Å². The number of hydrogen-bond donors (Lipinski definition) is 1. The average Bonchev–Trinajstić information content (AvgIpc) is 2.60. The van der Waals surface area contributed by atoms with Crippen LogP contribution in [0.25, 0.3) is 11.3 Å². The molecular formula is C21H23BrFN. The molecule has 1 N–H and O–H groups in total. The molecule has 24 heavy (non-hydrogen) atoms. The van der Waals surface area contributed by atoms with Crippen molar-refractivity contribution < 1.29 is 4.39 Å². The van der Waals surface area contributed by atoms with Crippen molar-refractivity contribution in [3.63, 3.8) is 0 Å². The zero-order valence-corrected chi connectivity index (χ0v) is 16.0. The molecule has 2 aromatic rings. The molecule has 1 heterocycles. The van der Waals surface area contributed by atoms with E-state index >= 15 is 0 Å². The van der Waals surface area contributed by atoms with Crippen LogP contribution >= 0.6 is 15.9 Å². The van der Waals surface area contributed by atoms with E-state index in [4.69, 9.17) is 0 Å². The van der Waals surface area contributed by atoms with Crippen LogP contribution in [0.2, 0.25) is 0 Å². The first-order valence-electron chi connectivity index (χ1n) is 8.26. The van der Waals surface area contributed by atoms with Crippen LogP contribution in [0.15, 0.2) is 65.3 Å². The predicted molar refractivity (Wildman–Crippen MR) is 105 cm³/mol. The molecule has 3 rings (SSSR count). The minimum Gasteiger partial charge on any atom is -0.358 e. The van der Waals surface area contributed by atoms with Crippen molar-refractivity contribution in [1.29, 1.82) is 0 Å². The molecule has 0 saturated carbocycles. The van der Waals surface area contributed by atoms with Crippen LogP contribution in [-0.4, -0.2) is 0 Å². The first kappa shape index (κ1) is 18.5. The van der Waals surface area contributed by atoms with Gasteiger partial charge < -0.3 is 5.32 Å². The van der Waals surface area contributed by atoms with Gasteiger partial charge >= 0.3 is 0 Å². The summed E-state index contributed by atoms with van der Waals surface area (Å²) in [4.78, 5) is 0. The summed E-state index contributed by atoms with van der Waals surface area (Å²) in [5.41, 5.74) is 4.52. The largest absolute Gasteiger partial charge is 0.358 e. The maximum Gasteiger partial charge on any atom is 0.133 e. The Hall–Kier alpha value is -1.87. The van der Waals surface area contributed by atoms with Crippen molar-refractivity contribution in [1.82, 2.24) is 5.32 Å². The van der Waals surface area contributed by atoms with Crippen molar-refractivity contribution in [2.45, 2.75) is 27.2 Å². The van der Waals surface area contributed by atoms with Gasteiger partial charge in [0, 0.05) is 15.7 Å². The lowest BCUT2D eigenvalue weighted by molar-refractivity contribution is 0.614. The van der Waals surface area contributed by atoms with E-state index in [0.29, 0.717) is 11.5 Å². The average molecular weight is 388 g/mol. The van der Waals surface area contributed by atoms with Gasteiger partial charge in [-0.15, -0.1) is 0 Å². The molecule has 1 unspecified atom stereocenters. The van der Waals surface area contributed by atoms with Gasteiger partial charge in [0.05, 0.1) is 5.70 Å². The Morgan fingerprint density at radius 1 is 1.08 bits per heavy atom. The summed E-state index contributed by atoms with van der Waals surface area (Å²) in [6, 6.07) is 15.2. The molecule has 0 radical (unpaired) electrons. The van der Waals surface area contributed by atoms with Gasteiger partial charge in [0.25, 0.3) is 0 Å². The summed E-state index contributed by atoms with van der Waals surface area (Å²) < 4.78 is 15.2. The summed E-state index contributed by atoms with van der Waals surface area (Å²) in [5.74, 6) is 0.0668. The Labute approximate surface area is 152 Å². The molecule has 0 amide bonds. The van der Waals surface area contributed by atoms with Gasteiger partial charge in [-0.05, 0) is 51.5 Å². The number of hydrogen-bond acceptors (Lipinski definition) is 1. The summed E-state index contributed by atoms with van der Waals surface area (Å²) in [5, 5.41) is 3.33. The molecule has 0 fully saturated rings. The lowest BCUT2D eigenvalue weighted by Gasteiger charge is -2.30. The smallest absolute Gasteiger partial charge is 0.133 e. The van der Waals surface area contributed by atoms with E-state index < -0.39 is 0 Å². The van der Waals surface area contributed by atoms with E-state index in [1.807, 2.05) is 38.1 Å². The number of allylic oxidation sites excluding steroid dienone is 2. The third-order valence-corrected chi connectivity index (χ3v) is 4.69. The van der Waals surface area contributed by atoms with Crippen LogP contribution in [0, 0.1) is 11.7 Å². The molecule has 3 heteroatoms. The lowest BCUT2D eigenvalue weighted by atomic mass is 9.86. The standard InChI is InChI=1S/C19H17BrFN.C2H6/c1-12-11-15(14-7-4-3-5-8-14)19(22-13(12)2)18-16(20)9-6-10-17(18)21;1-2/h3-10,12,22H,2,11H2,1H3;1-2H3. The molecule has 0 aliphatic carbocycles. The van der Waals surface area contributed by atoms with E-state index in [1.54, 1.807) is 6.07 Å². The third-order valence-electron chi connectivity index (χ3n) is 4.03. The van der Waals surface area contributed by atoms with E-state index in [1.165, 1.54) is 6.07 Å². The number of rotatable bonds is 2. The lowest BCUT2D eigenvalue weighted by Crippen LogP contribution is -2.24. The zero-order valence-electron chi connectivity index (χ0n) is 14.4. The second-order valence-electron chi connectivity index (χ2n) is 5.57. The number of nitrogens with one attached hydrogen (secondary N) is 1. The fourth-order valence-electron chi connectivity index (χ4n) is 2.74. The first-order chi connectivity index (χ1) is 11.6. The summed E-state index contributed by atoms with van der Waals surface area (Å²) in [6.45, 7) is 10.2. The molecule has 1 atom stereocenters. The highest BCUT2D eigenvalue weighted by Crippen LogP contribution is 2.39. The summed E-state index contributed by atoms with van der Waals surface area (Å²) >= 11 is 3.47. The second kappa shape index (κ2) is 8.29. The molecular weight excluding hydrogens is 365 g/mol. The van der Waals surface area contributed by atoms with E-state index in [9.17, 15) is 4.39 Å². The Morgan fingerprint density at radius 3 is 2.38 bits per heavy atom. The maximum atomic E-state index is 14.4. The molecule has 0 saturated heterocycles. The normalized spacial score (nSPS) is 17.0. The molecule has 1 nitrogen and oxygen atoms in total. The minimum absolute atomic E-state index is 0.243. The van der Waals surface area contributed by atoms with Gasteiger partial charge in [-0.1, -0.05) is 63.7 Å². The quantitative estimate of drug-likeness (QED) is 0.609. The van der Waals surface area contributed by atoms with E-state index in [0.717, 1.165) is 33.4 Å². The first-order valence-corrected chi connectivity index (χ1v) is 9.06. The van der Waals surface area contributed by atoms with Crippen molar-refractivity contribution >= 4 is 27.2 Å². The fourth-order valence-corrected chi connectivity index (χ4v) is 3.28. The van der Waals surface area contributed by atoms with Gasteiger partial charge in [0.1, 0.15) is 5.82 Å². The van der Waals surface area contributed by atoms with Crippen molar-refractivity contribution in [2.75, 3.05) is 0 Å². The van der Waals surface area contributed by atoms with Crippen molar-refractivity contribution in [3.8, 4) is 0 Å². The molecule has 126 valence electrons. The van der Waals surface area contributed by atoms with Gasteiger partial charge in [-0.25, -0.2) is 4.39 Å². The molecule has 0 bridgehead atoms. The molecule has 0 spiro atoms. The highest BCUT2D eigenvalue weighted by molar-refractivity contribution is 9.10. The highest BCUT2D eigenvalue weighted by atomic mass is 79.9. The Morgan fingerprint density at radius 2 is 1.75 bits per heavy atom. The topological polar surface area (TPSA) is 12.0 Å².